The highest BCUT2D eigenvalue weighted by Crippen LogP contribution is 2.48. The largest absolute Gasteiger partial charge is 0.491 e. The first-order valence-corrected chi connectivity index (χ1v) is 12.5. The van der Waals surface area contributed by atoms with E-state index >= 15 is 0 Å². The van der Waals surface area contributed by atoms with Crippen LogP contribution in [0.25, 0.3) is 0 Å². The van der Waals surface area contributed by atoms with Crippen LogP contribution in [-0.4, -0.2) is 37.0 Å². The molecule has 2 aliphatic carbocycles. The van der Waals surface area contributed by atoms with E-state index in [-0.39, 0.29) is 23.9 Å². The van der Waals surface area contributed by atoms with Crippen molar-refractivity contribution in [1.82, 2.24) is 5.32 Å². The lowest BCUT2D eigenvalue weighted by atomic mass is 9.69. The Kier molecular flexibility index (Phi) is 7.33. The van der Waals surface area contributed by atoms with E-state index in [0.717, 1.165) is 31.4 Å². The summed E-state index contributed by atoms with van der Waals surface area (Å²) < 4.78 is 17.0. The summed E-state index contributed by atoms with van der Waals surface area (Å²) in [6.07, 6.45) is 4.04. The van der Waals surface area contributed by atoms with Crippen LogP contribution in [0.3, 0.4) is 0 Å². The van der Waals surface area contributed by atoms with Crippen molar-refractivity contribution in [3.05, 3.63) is 52.4 Å². The van der Waals surface area contributed by atoms with E-state index in [1.54, 1.807) is 0 Å². The number of ketones is 1. The number of carbonyl (C=O) groups is 3. The number of methoxy groups -OCH3 is 1. The van der Waals surface area contributed by atoms with E-state index in [1.165, 1.54) is 7.11 Å². The number of carbonyl (C=O) groups excluding carboxylic acids is 3. The van der Waals surface area contributed by atoms with Gasteiger partial charge in [0, 0.05) is 22.5 Å². The lowest BCUT2D eigenvalue weighted by Crippen LogP contribution is -2.43. The zero-order valence-electron chi connectivity index (χ0n) is 21.2. The van der Waals surface area contributed by atoms with Gasteiger partial charge in [0.15, 0.2) is 5.78 Å². The van der Waals surface area contributed by atoms with Crippen molar-refractivity contribution < 1.29 is 28.6 Å². The molecule has 0 radical (unpaired) electrons. The Morgan fingerprint density at radius 3 is 2.46 bits per heavy atom. The van der Waals surface area contributed by atoms with Crippen LogP contribution in [0, 0.1) is 11.8 Å². The normalized spacial score (nSPS) is 24.9. The molecule has 0 bridgehead atoms. The smallest absolute Gasteiger partial charge is 0.337 e. The quantitative estimate of drug-likeness (QED) is 0.470. The zero-order valence-corrected chi connectivity index (χ0v) is 21.2. The average Bonchev–Trinajstić information content (AvgIpc) is 3.30. The predicted octanol–water partition coefficient (Wildman–Crippen LogP) is 4.57. The van der Waals surface area contributed by atoms with Crippen LogP contribution >= 0.6 is 0 Å². The Hall–Kier alpha value is -3.09. The topological polar surface area (TPSA) is 90.9 Å². The number of Topliss-reactive ketones (excluding diaryl/α,β-unsaturated/α-hetero) is 1. The molecule has 0 saturated heterocycles. The summed E-state index contributed by atoms with van der Waals surface area (Å²) >= 11 is 0. The molecule has 1 N–H and O–H groups in total. The summed E-state index contributed by atoms with van der Waals surface area (Å²) in [5.41, 5.74) is 2.92. The van der Waals surface area contributed by atoms with Crippen molar-refractivity contribution in [3.8, 4) is 5.75 Å². The Labute approximate surface area is 206 Å². The number of nitrogens with one attached hydrogen (secondary N) is 1. The van der Waals surface area contributed by atoms with Crippen molar-refractivity contribution in [3.63, 3.8) is 0 Å². The van der Waals surface area contributed by atoms with Gasteiger partial charge in [-0.1, -0.05) is 25.1 Å². The SMILES string of the molecule is COC(=O)C1C(=O)C2=C(CC1C)NC(C)=C(C(=O)OC1CCCC1)C2c1ccccc1OC(C)C. The molecule has 1 aromatic carbocycles. The fourth-order valence-corrected chi connectivity index (χ4v) is 5.56. The van der Waals surface area contributed by atoms with Gasteiger partial charge in [-0.2, -0.15) is 0 Å². The fourth-order valence-electron chi connectivity index (χ4n) is 5.56. The molecule has 0 aromatic heterocycles. The molecule has 3 atom stereocenters. The third kappa shape index (κ3) is 4.86. The maximum absolute atomic E-state index is 13.9. The van der Waals surface area contributed by atoms with Crippen molar-refractivity contribution in [2.75, 3.05) is 7.11 Å². The standard InChI is InChI=1S/C28H35NO6/c1-15(2)34-21-13-9-8-12-19(21)24-23(28(32)35-18-10-6-7-11-18)17(4)29-20-14-16(3)22(27(31)33-5)26(30)25(20)24/h8-9,12-13,15-16,18,22,24,29H,6-7,10-11,14H2,1-5H3. The maximum atomic E-state index is 13.9. The van der Waals surface area contributed by atoms with Crippen LogP contribution in [0.15, 0.2) is 46.8 Å². The van der Waals surface area contributed by atoms with Crippen LogP contribution in [0.5, 0.6) is 5.75 Å². The van der Waals surface area contributed by atoms with E-state index in [1.807, 2.05) is 52.0 Å². The summed E-state index contributed by atoms with van der Waals surface area (Å²) in [4.78, 5) is 40.1. The van der Waals surface area contributed by atoms with Gasteiger partial charge >= 0.3 is 11.9 Å². The molecule has 1 aliphatic heterocycles. The fraction of sp³-hybridized carbons (Fsp3) is 0.536. The number of hydrogen-bond acceptors (Lipinski definition) is 7. The lowest BCUT2D eigenvalue weighted by Gasteiger charge is -2.38. The van der Waals surface area contributed by atoms with E-state index in [0.29, 0.717) is 34.6 Å². The van der Waals surface area contributed by atoms with Gasteiger partial charge in [0.05, 0.1) is 24.7 Å². The highest BCUT2D eigenvalue weighted by atomic mass is 16.5. The molecule has 1 aromatic rings. The molecular weight excluding hydrogens is 446 g/mol. The third-order valence-corrected chi connectivity index (χ3v) is 7.13. The number of esters is 2. The van der Waals surface area contributed by atoms with Crippen LogP contribution in [-0.2, 0) is 23.9 Å². The van der Waals surface area contributed by atoms with Gasteiger partial charge in [0.25, 0.3) is 0 Å². The minimum atomic E-state index is -0.924. The molecule has 3 aliphatic rings. The molecule has 1 fully saturated rings. The van der Waals surface area contributed by atoms with Crippen molar-refractivity contribution in [2.45, 2.75) is 77.9 Å². The van der Waals surface area contributed by atoms with Gasteiger partial charge in [0.2, 0.25) is 0 Å². The maximum Gasteiger partial charge on any atom is 0.337 e. The van der Waals surface area contributed by atoms with E-state index in [9.17, 15) is 14.4 Å². The van der Waals surface area contributed by atoms with Crippen molar-refractivity contribution in [2.24, 2.45) is 11.8 Å². The first-order valence-electron chi connectivity index (χ1n) is 12.5. The van der Waals surface area contributed by atoms with Gasteiger partial charge in [-0.25, -0.2) is 4.79 Å². The second-order valence-electron chi connectivity index (χ2n) is 10.1. The number of dihydropyridines is 1. The van der Waals surface area contributed by atoms with Crippen LogP contribution in [0.1, 0.15) is 71.3 Å². The lowest BCUT2D eigenvalue weighted by molar-refractivity contribution is -0.151. The molecule has 3 unspecified atom stereocenters. The number of rotatable bonds is 6. The molecule has 7 nitrogen and oxygen atoms in total. The Balaban J connectivity index is 1.85. The first-order chi connectivity index (χ1) is 16.7. The monoisotopic (exact) mass is 481 g/mol. The van der Waals surface area contributed by atoms with Crippen LogP contribution in [0.4, 0.5) is 0 Å². The summed E-state index contributed by atoms with van der Waals surface area (Å²) in [7, 11) is 1.29. The highest BCUT2D eigenvalue weighted by Gasteiger charge is 2.48. The van der Waals surface area contributed by atoms with Gasteiger partial charge in [-0.15, -0.1) is 0 Å². The highest BCUT2D eigenvalue weighted by molar-refractivity contribution is 6.12. The molecule has 7 heteroatoms. The number of para-hydroxylation sites is 1. The Morgan fingerprint density at radius 2 is 1.80 bits per heavy atom. The van der Waals surface area contributed by atoms with E-state index < -0.39 is 23.8 Å². The van der Waals surface area contributed by atoms with Gasteiger partial charge < -0.3 is 19.5 Å². The minimum Gasteiger partial charge on any atom is -0.491 e. The third-order valence-electron chi connectivity index (χ3n) is 7.13. The molecule has 0 amide bonds. The zero-order chi connectivity index (χ0) is 25.3. The average molecular weight is 482 g/mol. The molecular formula is C28H35NO6. The number of ether oxygens (including phenoxy) is 3. The summed E-state index contributed by atoms with van der Waals surface area (Å²) in [6.45, 7) is 7.58. The van der Waals surface area contributed by atoms with E-state index in [4.69, 9.17) is 14.2 Å². The van der Waals surface area contributed by atoms with Crippen LogP contribution < -0.4 is 10.1 Å². The first kappa shape index (κ1) is 25.0. The minimum absolute atomic E-state index is 0.102. The Morgan fingerprint density at radius 1 is 1.11 bits per heavy atom. The number of allylic oxidation sites excluding steroid dienone is 3. The summed E-state index contributed by atoms with van der Waals surface area (Å²) in [6, 6.07) is 7.47. The molecule has 0 spiro atoms. The molecule has 188 valence electrons. The molecule has 35 heavy (non-hydrogen) atoms. The van der Waals surface area contributed by atoms with Crippen LogP contribution in [0.2, 0.25) is 0 Å². The van der Waals surface area contributed by atoms with Crippen molar-refractivity contribution in [1.29, 1.82) is 0 Å². The van der Waals surface area contributed by atoms with Crippen molar-refractivity contribution >= 4 is 17.7 Å². The van der Waals surface area contributed by atoms with Gasteiger partial charge in [-0.05, 0) is 64.9 Å². The summed E-state index contributed by atoms with van der Waals surface area (Å²) in [5.74, 6) is -2.57. The predicted molar refractivity (Wildman–Crippen MR) is 130 cm³/mol. The summed E-state index contributed by atoms with van der Waals surface area (Å²) in [5, 5.41) is 3.32. The second-order valence-corrected chi connectivity index (χ2v) is 10.1. The van der Waals surface area contributed by atoms with Gasteiger partial charge in [-0.3, -0.25) is 9.59 Å². The second kappa shape index (κ2) is 10.3. The van der Waals surface area contributed by atoms with E-state index in [2.05, 4.69) is 5.32 Å². The number of hydrogen-bond donors (Lipinski definition) is 1. The molecule has 4 rings (SSSR count). The van der Waals surface area contributed by atoms with Gasteiger partial charge in [0.1, 0.15) is 17.8 Å². The Bertz CT molecular complexity index is 1080. The number of benzene rings is 1. The molecule has 1 heterocycles. The molecule has 1 saturated carbocycles.